The van der Waals surface area contributed by atoms with Crippen molar-refractivity contribution in [3.63, 3.8) is 0 Å². The van der Waals surface area contributed by atoms with Crippen LogP contribution in [0, 0.1) is 34.5 Å². The van der Waals surface area contributed by atoms with E-state index in [1.165, 1.54) is 0 Å². The summed E-state index contributed by atoms with van der Waals surface area (Å²) in [5, 5.41) is 27.5. The largest absolute Gasteiger partial charge is 0.545 e. The lowest BCUT2D eigenvalue weighted by molar-refractivity contribution is -0.829. The molecule has 0 radical (unpaired) electrons. The van der Waals surface area contributed by atoms with Crippen molar-refractivity contribution in [2.24, 2.45) is 45.2 Å². The molecule has 0 aromatic heterocycles. The van der Waals surface area contributed by atoms with Crippen LogP contribution in [0.5, 0.6) is 0 Å². The van der Waals surface area contributed by atoms with E-state index in [4.69, 9.17) is 5.73 Å². The van der Waals surface area contributed by atoms with E-state index in [0.717, 1.165) is 62.2 Å². The highest BCUT2D eigenvalue weighted by Gasteiger charge is 2.80. The van der Waals surface area contributed by atoms with Gasteiger partial charge in [0.05, 0.1) is 19.1 Å². The van der Waals surface area contributed by atoms with Crippen molar-refractivity contribution in [1.82, 2.24) is 5.32 Å². The summed E-state index contributed by atoms with van der Waals surface area (Å²) in [6.45, 7) is 2.50. The number of hydrogen-bond acceptors (Lipinski definition) is 6. The Bertz CT molecular complexity index is 902. The number of carboxylic acids is 1. The standard InChI is InChI=1S/C24H36N4O4/c1-26-11-16-8-9-28(21(25)27-2)12-22(16)15-7-6-14-4-3-5-18-23(32,13-29)19(20(30)31)17(10-15)24(14,18)22/h13-16,18,26,32H,3-12H2,1-2H3,(H2,25,27)(H,30,31). The zero-order valence-corrected chi connectivity index (χ0v) is 19.2. The molecule has 0 aromatic carbocycles. The van der Waals surface area contributed by atoms with E-state index in [2.05, 4.69) is 10.3 Å². The topological polar surface area (TPSA) is 132 Å². The van der Waals surface area contributed by atoms with Gasteiger partial charge in [-0.1, -0.05) is 12.0 Å². The van der Waals surface area contributed by atoms with Gasteiger partial charge in [-0.05, 0) is 63.5 Å². The number of aldehydes is 1. The molecule has 8 heteroatoms. The molecule has 4 fully saturated rings. The third-order valence-corrected chi connectivity index (χ3v) is 10.3. The Kier molecular flexibility index (Phi) is 5.08. The molecular formula is C24H36N4O4. The third kappa shape index (κ3) is 2.36. The summed E-state index contributed by atoms with van der Waals surface area (Å²) in [5.41, 5.74) is 4.40. The Balaban J connectivity index is 1.80. The van der Waals surface area contributed by atoms with Crippen molar-refractivity contribution in [1.29, 1.82) is 0 Å². The Morgan fingerprint density at radius 3 is 2.72 bits per heavy atom. The first-order valence-electron chi connectivity index (χ1n) is 12.2. The number of carbonyl (C=O) groups is 2. The van der Waals surface area contributed by atoms with Crippen LogP contribution >= 0.6 is 0 Å². The fraction of sp³-hybridized carbons (Fsp3) is 0.792. The third-order valence-electron chi connectivity index (χ3n) is 10.3. The van der Waals surface area contributed by atoms with Crippen LogP contribution in [0.1, 0.15) is 44.9 Å². The molecule has 8 unspecified atom stereocenters. The SMILES string of the molecule is CN=C(N)[NH+]1CCC(CNC)C2(C1)C1CCC3CCCC4C(O)(C=O)C(C(=O)[O-])=C(C1)C342. The monoisotopic (exact) mass is 444 g/mol. The number of hydrogen-bond donors (Lipinski definition) is 4. The van der Waals surface area contributed by atoms with Crippen molar-refractivity contribution in [2.45, 2.75) is 50.5 Å². The van der Waals surface area contributed by atoms with Gasteiger partial charge in [0, 0.05) is 35.8 Å². The predicted octanol–water partition coefficient (Wildman–Crippen LogP) is -1.75. The van der Waals surface area contributed by atoms with Gasteiger partial charge in [-0.2, -0.15) is 0 Å². The number of rotatable bonds is 4. The number of aliphatic hydroxyl groups is 1. The quantitative estimate of drug-likeness (QED) is 0.231. The maximum Gasteiger partial charge on any atom is 0.293 e. The minimum absolute atomic E-state index is 0.111. The average molecular weight is 445 g/mol. The first kappa shape index (κ1) is 22.0. The van der Waals surface area contributed by atoms with E-state index in [-0.39, 0.29) is 16.9 Å². The van der Waals surface area contributed by atoms with Gasteiger partial charge in [-0.15, -0.1) is 0 Å². The Morgan fingerprint density at radius 1 is 1.31 bits per heavy atom. The molecule has 8 nitrogen and oxygen atoms in total. The number of likely N-dealkylation sites (tertiary alicyclic amines) is 1. The molecule has 0 amide bonds. The zero-order valence-electron chi connectivity index (χ0n) is 19.2. The second-order valence-corrected chi connectivity index (χ2v) is 10.8. The zero-order chi connectivity index (χ0) is 22.9. The Labute approximate surface area is 189 Å². The van der Waals surface area contributed by atoms with Crippen molar-refractivity contribution < 1.29 is 24.7 Å². The fourth-order valence-corrected chi connectivity index (χ4v) is 9.60. The van der Waals surface area contributed by atoms with Crippen LogP contribution in [-0.2, 0) is 9.59 Å². The molecule has 2 bridgehead atoms. The highest BCUT2D eigenvalue weighted by Crippen LogP contribution is 2.80. The van der Waals surface area contributed by atoms with Gasteiger partial charge in [-0.25, -0.2) is 4.99 Å². The fourth-order valence-electron chi connectivity index (χ4n) is 9.60. The number of carbonyl (C=O) groups excluding carboxylic acids is 2. The molecule has 5 aliphatic rings. The van der Waals surface area contributed by atoms with E-state index in [0.29, 0.717) is 36.9 Å². The number of aliphatic imine (C=N–C) groups is 1. The van der Waals surface area contributed by atoms with Gasteiger partial charge < -0.3 is 26.1 Å². The number of allylic oxidation sites excluding steroid dienone is 1. The van der Waals surface area contributed by atoms with Crippen molar-refractivity contribution >= 4 is 18.2 Å². The van der Waals surface area contributed by atoms with Crippen LogP contribution in [0.25, 0.3) is 0 Å². The summed E-state index contributed by atoms with van der Waals surface area (Å²) in [4.78, 5) is 30.3. The summed E-state index contributed by atoms with van der Waals surface area (Å²) in [7, 11) is 3.69. The van der Waals surface area contributed by atoms with Gasteiger partial charge in [0.25, 0.3) is 5.96 Å². The normalized spacial score (nSPS) is 47.6. The molecule has 1 heterocycles. The summed E-state index contributed by atoms with van der Waals surface area (Å²) < 4.78 is 0. The summed E-state index contributed by atoms with van der Waals surface area (Å²) >= 11 is 0. The van der Waals surface area contributed by atoms with Gasteiger partial charge in [-0.3, -0.25) is 9.69 Å². The smallest absolute Gasteiger partial charge is 0.293 e. The van der Waals surface area contributed by atoms with Crippen molar-refractivity contribution in [3.8, 4) is 0 Å². The number of nitrogens with one attached hydrogen (secondary N) is 2. The van der Waals surface area contributed by atoms with Crippen LogP contribution < -0.4 is 21.1 Å². The molecule has 0 aromatic rings. The van der Waals surface area contributed by atoms with Gasteiger partial charge in [0.15, 0.2) is 6.29 Å². The lowest BCUT2D eigenvalue weighted by Crippen LogP contribution is -3.19. The number of carboxylic acid groups (broad SMARTS) is 1. The summed E-state index contributed by atoms with van der Waals surface area (Å²) in [6.07, 6.45) is 6.78. The van der Waals surface area contributed by atoms with Crippen molar-refractivity contribution in [3.05, 3.63) is 11.1 Å². The number of guanidine groups is 1. The minimum Gasteiger partial charge on any atom is -0.545 e. The van der Waals surface area contributed by atoms with Gasteiger partial charge >= 0.3 is 0 Å². The number of nitrogens with two attached hydrogens (primary N) is 1. The molecule has 3 saturated carbocycles. The van der Waals surface area contributed by atoms with E-state index >= 15 is 0 Å². The van der Waals surface area contributed by atoms with Gasteiger partial charge in [0.1, 0.15) is 5.60 Å². The summed E-state index contributed by atoms with van der Waals surface area (Å²) in [6, 6.07) is 0. The van der Waals surface area contributed by atoms with Crippen LogP contribution in [-0.4, -0.2) is 62.7 Å². The second-order valence-electron chi connectivity index (χ2n) is 10.8. The molecule has 5 N–H and O–H groups in total. The van der Waals surface area contributed by atoms with Crippen molar-refractivity contribution in [2.75, 3.05) is 33.7 Å². The predicted molar refractivity (Wildman–Crippen MR) is 116 cm³/mol. The molecule has 2 spiro atoms. The van der Waals surface area contributed by atoms with E-state index in [9.17, 15) is 19.8 Å². The highest BCUT2D eigenvalue weighted by atomic mass is 16.4. The molecular weight excluding hydrogens is 408 g/mol. The average Bonchev–Trinajstić information content (AvgIpc) is 3.07. The van der Waals surface area contributed by atoms with Crippen LogP contribution in [0.15, 0.2) is 16.1 Å². The number of aliphatic carboxylic acids is 1. The first-order valence-corrected chi connectivity index (χ1v) is 12.2. The molecule has 8 atom stereocenters. The van der Waals surface area contributed by atoms with E-state index in [1.54, 1.807) is 7.05 Å². The van der Waals surface area contributed by atoms with Crippen LogP contribution in [0.3, 0.4) is 0 Å². The van der Waals surface area contributed by atoms with E-state index in [1.807, 2.05) is 7.05 Å². The minimum atomic E-state index is -1.96. The molecule has 176 valence electrons. The molecule has 5 rings (SSSR count). The Hall–Kier alpha value is -1.77. The van der Waals surface area contributed by atoms with Crippen LogP contribution in [0.2, 0.25) is 0 Å². The summed E-state index contributed by atoms with van der Waals surface area (Å²) in [5.74, 6) is -0.274. The first-order chi connectivity index (χ1) is 15.3. The maximum absolute atomic E-state index is 12.4. The highest BCUT2D eigenvalue weighted by molar-refractivity contribution is 5.97. The second kappa shape index (κ2) is 7.37. The van der Waals surface area contributed by atoms with Gasteiger partial charge in [0.2, 0.25) is 0 Å². The number of piperidine rings is 1. The lowest BCUT2D eigenvalue weighted by Gasteiger charge is -2.64. The molecule has 1 aliphatic heterocycles. The lowest BCUT2D eigenvalue weighted by atomic mass is 9.40. The van der Waals surface area contributed by atoms with Crippen LogP contribution in [0.4, 0.5) is 0 Å². The number of quaternary nitrogens is 1. The molecule has 4 aliphatic carbocycles. The molecule has 1 saturated heterocycles. The maximum atomic E-state index is 12.4. The Morgan fingerprint density at radius 2 is 2.06 bits per heavy atom. The molecule has 32 heavy (non-hydrogen) atoms. The number of nitrogens with zero attached hydrogens (tertiary/aromatic N) is 1. The van der Waals surface area contributed by atoms with E-state index < -0.39 is 22.9 Å².